The maximum atomic E-state index is 5.64. The molecule has 0 fully saturated rings. The van der Waals surface area contributed by atoms with Crippen LogP contribution in [0.1, 0.15) is 0 Å². The second-order valence-corrected chi connectivity index (χ2v) is 4.55. The summed E-state index contributed by atoms with van der Waals surface area (Å²) in [5.74, 6) is 0. The molecule has 1 atom stereocenters. The van der Waals surface area contributed by atoms with Gasteiger partial charge in [0.05, 0.1) is 22.9 Å². The SMILES string of the molecule is COCC(CN)Nc1nc2ccccc2s1. The van der Waals surface area contributed by atoms with Gasteiger partial charge in [0.25, 0.3) is 0 Å². The number of thiazole rings is 1. The van der Waals surface area contributed by atoms with Gasteiger partial charge in [0.2, 0.25) is 0 Å². The highest BCUT2D eigenvalue weighted by Crippen LogP contribution is 2.25. The zero-order valence-electron chi connectivity index (χ0n) is 9.14. The summed E-state index contributed by atoms with van der Waals surface area (Å²) in [6.07, 6.45) is 0. The van der Waals surface area contributed by atoms with Crippen molar-refractivity contribution in [1.29, 1.82) is 0 Å². The Kier molecular flexibility index (Phi) is 3.71. The first-order valence-corrected chi connectivity index (χ1v) is 5.96. The van der Waals surface area contributed by atoms with Crippen LogP contribution in [-0.4, -0.2) is 31.3 Å². The number of nitrogens with zero attached hydrogens (tertiary/aromatic N) is 1. The van der Waals surface area contributed by atoms with Crippen molar-refractivity contribution in [3.05, 3.63) is 24.3 Å². The molecule has 4 nitrogen and oxygen atoms in total. The Morgan fingerprint density at radius 3 is 3.00 bits per heavy atom. The smallest absolute Gasteiger partial charge is 0.184 e. The lowest BCUT2D eigenvalue weighted by molar-refractivity contribution is 0.187. The van der Waals surface area contributed by atoms with E-state index in [-0.39, 0.29) is 6.04 Å². The van der Waals surface area contributed by atoms with Gasteiger partial charge in [0.15, 0.2) is 5.13 Å². The number of aromatic nitrogens is 1. The Balaban J connectivity index is 2.14. The number of nitrogens with one attached hydrogen (secondary N) is 1. The maximum absolute atomic E-state index is 5.64. The summed E-state index contributed by atoms with van der Waals surface area (Å²) in [5, 5.41) is 4.17. The largest absolute Gasteiger partial charge is 0.383 e. The van der Waals surface area contributed by atoms with Gasteiger partial charge in [0.1, 0.15) is 0 Å². The van der Waals surface area contributed by atoms with Gasteiger partial charge in [-0.2, -0.15) is 0 Å². The van der Waals surface area contributed by atoms with Crippen LogP contribution in [0, 0.1) is 0 Å². The molecule has 0 aliphatic heterocycles. The highest BCUT2D eigenvalue weighted by molar-refractivity contribution is 7.22. The zero-order valence-corrected chi connectivity index (χ0v) is 9.96. The molecule has 0 bridgehead atoms. The maximum Gasteiger partial charge on any atom is 0.184 e. The third kappa shape index (κ3) is 2.49. The van der Waals surface area contributed by atoms with Crippen molar-refractivity contribution in [3.63, 3.8) is 0 Å². The summed E-state index contributed by atoms with van der Waals surface area (Å²) in [4.78, 5) is 4.48. The summed E-state index contributed by atoms with van der Waals surface area (Å²) >= 11 is 1.63. The van der Waals surface area contributed by atoms with Gasteiger partial charge in [-0.25, -0.2) is 4.98 Å². The number of nitrogens with two attached hydrogens (primary N) is 1. The molecule has 0 amide bonds. The fourth-order valence-corrected chi connectivity index (χ4v) is 2.42. The molecule has 86 valence electrons. The van der Waals surface area contributed by atoms with E-state index in [1.54, 1.807) is 18.4 Å². The molecule has 0 spiro atoms. The van der Waals surface area contributed by atoms with Crippen molar-refractivity contribution in [2.75, 3.05) is 25.6 Å². The van der Waals surface area contributed by atoms with Gasteiger partial charge >= 0.3 is 0 Å². The Bertz CT molecular complexity index is 424. The van der Waals surface area contributed by atoms with Crippen LogP contribution in [0.2, 0.25) is 0 Å². The van der Waals surface area contributed by atoms with Crippen LogP contribution in [0.25, 0.3) is 10.2 Å². The van der Waals surface area contributed by atoms with Crippen LogP contribution in [0.5, 0.6) is 0 Å². The minimum Gasteiger partial charge on any atom is -0.383 e. The second kappa shape index (κ2) is 5.25. The van der Waals surface area contributed by atoms with Crippen LogP contribution in [0.15, 0.2) is 24.3 Å². The highest BCUT2D eigenvalue weighted by Gasteiger charge is 2.09. The first kappa shape index (κ1) is 11.3. The fourth-order valence-electron chi connectivity index (χ4n) is 1.48. The Hall–Kier alpha value is -1.17. The summed E-state index contributed by atoms with van der Waals surface area (Å²) in [6.45, 7) is 1.12. The summed E-state index contributed by atoms with van der Waals surface area (Å²) in [6, 6.07) is 8.18. The molecule has 1 unspecified atom stereocenters. The molecule has 0 radical (unpaired) electrons. The van der Waals surface area contributed by atoms with Crippen LogP contribution in [0.3, 0.4) is 0 Å². The normalized spacial score (nSPS) is 12.9. The third-order valence-electron chi connectivity index (χ3n) is 2.27. The molecule has 16 heavy (non-hydrogen) atoms. The predicted molar refractivity (Wildman–Crippen MR) is 68.0 cm³/mol. The first-order chi connectivity index (χ1) is 7.83. The monoisotopic (exact) mass is 237 g/mol. The molecule has 1 aromatic heterocycles. The van der Waals surface area contributed by atoms with E-state index < -0.39 is 0 Å². The van der Waals surface area contributed by atoms with Crippen molar-refractivity contribution in [2.24, 2.45) is 5.73 Å². The van der Waals surface area contributed by atoms with E-state index in [1.807, 2.05) is 18.2 Å². The van der Waals surface area contributed by atoms with Gasteiger partial charge in [-0.15, -0.1) is 0 Å². The van der Waals surface area contributed by atoms with E-state index in [2.05, 4.69) is 16.4 Å². The number of benzene rings is 1. The lowest BCUT2D eigenvalue weighted by Crippen LogP contribution is -2.32. The van der Waals surface area contributed by atoms with E-state index in [4.69, 9.17) is 10.5 Å². The van der Waals surface area contributed by atoms with Crippen LogP contribution in [0.4, 0.5) is 5.13 Å². The summed E-state index contributed by atoms with van der Waals surface area (Å²) < 4.78 is 6.25. The van der Waals surface area contributed by atoms with Gasteiger partial charge in [-0.05, 0) is 12.1 Å². The minimum atomic E-state index is 0.116. The zero-order chi connectivity index (χ0) is 11.4. The number of ether oxygens (including phenoxy) is 1. The van der Waals surface area contributed by atoms with E-state index in [9.17, 15) is 0 Å². The van der Waals surface area contributed by atoms with E-state index in [1.165, 1.54) is 4.70 Å². The number of hydrogen-bond donors (Lipinski definition) is 2. The average molecular weight is 237 g/mol. The molecule has 0 saturated heterocycles. The van der Waals surface area contributed by atoms with Crippen molar-refractivity contribution in [2.45, 2.75) is 6.04 Å². The fraction of sp³-hybridized carbons (Fsp3) is 0.364. The van der Waals surface area contributed by atoms with E-state index in [0.29, 0.717) is 13.2 Å². The minimum absolute atomic E-state index is 0.116. The Morgan fingerprint density at radius 1 is 1.50 bits per heavy atom. The predicted octanol–water partition coefficient (Wildman–Crippen LogP) is 1.68. The lowest BCUT2D eigenvalue weighted by atomic mass is 10.3. The summed E-state index contributed by atoms with van der Waals surface area (Å²) in [5.41, 5.74) is 6.65. The summed E-state index contributed by atoms with van der Waals surface area (Å²) in [7, 11) is 1.67. The quantitative estimate of drug-likeness (QED) is 0.830. The average Bonchev–Trinajstić information content (AvgIpc) is 2.70. The van der Waals surface area contributed by atoms with Crippen LogP contribution < -0.4 is 11.1 Å². The molecule has 0 saturated carbocycles. The van der Waals surface area contributed by atoms with Gasteiger partial charge in [-0.3, -0.25) is 0 Å². The van der Waals surface area contributed by atoms with Gasteiger partial charge in [0, 0.05) is 13.7 Å². The van der Waals surface area contributed by atoms with Crippen molar-refractivity contribution < 1.29 is 4.74 Å². The molecule has 1 aromatic carbocycles. The Labute approximate surface area is 98.4 Å². The molecule has 0 aliphatic carbocycles. The second-order valence-electron chi connectivity index (χ2n) is 3.52. The van der Waals surface area contributed by atoms with E-state index >= 15 is 0 Å². The van der Waals surface area contributed by atoms with Crippen molar-refractivity contribution >= 4 is 26.7 Å². The molecular weight excluding hydrogens is 222 g/mol. The lowest BCUT2D eigenvalue weighted by Gasteiger charge is -2.14. The van der Waals surface area contributed by atoms with Crippen molar-refractivity contribution in [3.8, 4) is 0 Å². The molecular formula is C11H15N3OS. The number of rotatable bonds is 5. The molecule has 3 N–H and O–H groups in total. The number of methoxy groups -OCH3 is 1. The van der Waals surface area contributed by atoms with Gasteiger partial charge < -0.3 is 15.8 Å². The molecule has 1 heterocycles. The number of fused-ring (bicyclic) bond motifs is 1. The topological polar surface area (TPSA) is 60.2 Å². The van der Waals surface area contributed by atoms with Gasteiger partial charge in [-0.1, -0.05) is 23.5 Å². The van der Waals surface area contributed by atoms with Crippen molar-refractivity contribution in [1.82, 2.24) is 4.98 Å². The standard InChI is InChI=1S/C11H15N3OS/c1-15-7-8(6-12)13-11-14-9-4-2-3-5-10(9)16-11/h2-5,8H,6-7,12H2,1H3,(H,13,14). The molecule has 0 aliphatic rings. The van der Waals surface area contributed by atoms with Crippen LogP contribution in [-0.2, 0) is 4.74 Å². The first-order valence-electron chi connectivity index (χ1n) is 5.14. The van der Waals surface area contributed by atoms with Crippen LogP contribution >= 0.6 is 11.3 Å². The highest BCUT2D eigenvalue weighted by atomic mass is 32.1. The Morgan fingerprint density at radius 2 is 2.31 bits per heavy atom. The number of para-hydroxylation sites is 1. The third-order valence-corrected chi connectivity index (χ3v) is 3.24. The molecule has 2 aromatic rings. The number of anilines is 1. The number of hydrogen-bond acceptors (Lipinski definition) is 5. The van der Waals surface area contributed by atoms with E-state index in [0.717, 1.165) is 10.6 Å². The molecule has 2 rings (SSSR count). The molecule has 5 heteroatoms.